The number of methoxy groups -OCH3 is 1. The summed E-state index contributed by atoms with van der Waals surface area (Å²) in [4.78, 5) is 5.94. The minimum absolute atomic E-state index is 0.624. The quantitative estimate of drug-likeness (QED) is 0.848. The second-order valence-electron chi connectivity index (χ2n) is 4.61. The van der Waals surface area contributed by atoms with Gasteiger partial charge < -0.3 is 14.8 Å². The van der Waals surface area contributed by atoms with Crippen LogP contribution in [0, 0.1) is 6.92 Å². The van der Waals surface area contributed by atoms with E-state index in [-0.39, 0.29) is 0 Å². The molecule has 2 aromatic rings. The van der Waals surface area contributed by atoms with Crippen molar-refractivity contribution in [3.05, 3.63) is 28.8 Å². The van der Waals surface area contributed by atoms with Crippen LogP contribution in [-0.4, -0.2) is 25.2 Å². The van der Waals surface area contributed by atoms with Gasteiger partial charge in [0, 0.05) is 17.0 Å². The fourth-order valence-corrected chi connectivity index (χ4v) is 3.06. The van der Waals surface area contributed by atoms with Crippen molar-refractivity contribution in [2.45, 2.75) is 27.3 Å². The molecule has 1 aromatic carbocycles. The van der Waals surface area contributed by atoms with Crippen molar-refractivity contribution in [2.75, 3.05) is 20.3 Å². The van der Waals surface area contributed by atoms with Crippen LogP contribution in [0.15, 0.2) is 18.2 Å². The minimum atomic E-state index is 0.624. The van der Waals surface area contributed by atoms with Gasteiger partial charge in [-0.3, -0.25) is 0 Å². The molecule has 0 aliphatic carbocycles. The highest BCUT2D eigenvalue weighted by Gasteiger charge is 2.12. The first-order chi connectivity index (χ1) is 10.2. The fraction of sp³-hybridized carbons (Fsp3) is 0.438. The Kier molecular flexibility index (Phi) is 5.59. The molecule has 4 nitrogen and oxygen atoms in total. The highest BCUT2D eigenvalue weighted by molar-refractivity contribution is 7.15. The van der Waals surface area contributed by atoms with E-state index in [1.807, 2.05) is 25.1 Å². The number of ether oxygens (including phenoxy) is 2. The van der Waals surface area contributed by atoms with Crippen LogP contribution in [-0.2, 0) is 6.54 Å². The molecule has 2 rings (SSSR count). The monoisotopic (exact) mass is 306 g/mol. The molecule has 1 N–H and O–H groups in total. The maximum Gasteiger partial charge on any atom is 0.161 e. The molecule has 0 saturated carbocycles. The predicted octanol–water partition coefficient (Wildman–Crippen LogP) is 3.64. The number of rotatable bonds is 7. The molecule has 0 spiro atoms. The predicted molar refractivity (Wildman–Crippen MR) is 87.4 cm³/mol. The van der Waals surface area contributed by atoms with Crippen molar-refractivity contribution >= 4 is 11.3 Å². The SMILES string of the molecule is CCNCc1sc(-c2ccc(OCC)c(OC)c2)nc1C. The third kappa shape index (κ3) is 3.74. The molecule has 1 aromatic heterocycles. The number of nitrogens with one attached hydrogen (secondary N) is 1. The Hall–Kier alpha value is -1.59. The van der Waals surface area contributed by atoms with Crippen molar-refractivity contribution in [1.29, 1.82) is 0 Å². The van der Waals surface area contributed by atoms with Gasteiger partial charge in [-0.05, 0) is 38.6 Å². The molecule has 0 bridgehead atoms. The summed E-state index contributed by atoms with van der Waals surface area (Å²) in [5.74, 6) is 1.51. The number of thiazole rings is 1. The van der Waals surface area contributed by atoms with Crippen molar-refractivity contribution < 1.29 is 9.47 Å². The Balaban J connectivity index is 2.29. The van der Waals surface area contributed by atoms with Gasteiger partial charge in [0.2, 0.25) is 0 Å². The Morgan fingerprint density at radius 2 is 2.05 bits per heavy atom. The highest BCUT2D eigenvalue weighted by atomic mass is 32.1. The van der Waals surface area contributed by atoms with Gasteiger partial charge >= 0.3 is 0 Å². The van der Waals surface area contributed by atoms with E-state index >= 15 is 0 Å². The van der Waals surface area contributed by atoms with E-state index < -0.39 is 0 Å². The van der Waals surface area contributed by atoms with Gasteiger partial charge in [0.05, 0.1) is 19.4 Å². The van der Waals surface area contributed by atoms with Crippen LogP contribution in [0.1, 0.15) is 24.4 Å². The number of hydrogen-bond donors (Lipinski definition) is 1. The lowest BCUT2D eigenvalue weighted by atomic mass is 10.2. The van der Waals surface area contributed by atoms with E-state index in [0.717, 1.165) is 40.9 Å². The van der Waals surface area contributed by atoms with E-state index in [4.69, 9.17) is 9.47 Å². The lowest BCUT2D eigenvalue weighted by molar-refractivity contribution is 0.311. The number of hydrogen-bond acceptors (Lipinski definition) is 5. The number of nitrogens with zero attached hydrogens (tertiary/aromatic N) is 1. The Morgan fingerprint density at radius 1 is 1.24 bits per heavy atom. The first-order valence-corrected chi connectivity index (χ1v) is 7.99. The molecule has 0 radical (unpaired) electrons. The molecule has 0 unspecified atom stereocenters. The lowest BCUT2D eigenvalue weighted by Crippen LogP contribution is -2.11. The van der Waals surface area contributed by atoms with Crippen LogP contribution in [0.4, 0.5) is 0 Å². The molecule has 0 amide bonds. The average Bonchev–Trinajstić information content (AvgIpc) is 2.87. The third-order valence-electron chi connectivity index (χ3n) is 3.14. The molecule has 0 saturated heterocycles. The van der Waals surface area contributed by atoms with Crippen molar-refractivity contribution in [2.24, 2.45) is 0 Å². The van der Waals surface area contributed by atoms with E-state index in [1.165, 1.54) is 4.88 Å². The highest BCUT2D eigenvalue weighted by Crippen LogP contribution is 2.35. The van der Waals surface area contributed by atoms with E-state index in [0.29, 0.717) is 6.61 Å². The van der Waals surface area contributed by atoms with Crippen LogP contribution < -0.4 is 14.8 Å². The Morgan fingerprint density at radius 3 is 2.71 bits per heavy atom. The van der Waals surface area contributed by atoms with Gasteiger partial charge in [-0.1, -0.05) is 6.92 Å². The zero-order valence-corrected chi connectivity index (χ0v) is 13.8. The van der Waals surface area contributed by atoms with Gasteiger partial charge in [-0.15, -0.1) is 11.3 Å². The summed E-state index contributed by atoms with van der Waals surface area (Å²) in [6.07, 6.45) is 0. The molecule has 0 aliphatic rings. The van der Waals surface area contributed by atoms with Gasteiger partial charge in [-0.2, -0.15) is 0 Å². The normalized spacial score (nSPS) is 10.7. The van der Waals surface area contributed by atoms with Crippen molar-refractivity contribution in [3.8, 4) is 22.1 Å². The van der Waals surface area contributed by atoms with Crippen LogP contribution >= 0.6 is 11.3 Å². The lowest BCUT2D eigenvalue weighted by Gasteiger charge is -2.09. The molecule has 0 atom stereocenters. The third-order valence-corrected chi connectivity index (χ3v) is 4.35. The number of aryl methyl sites for hydroxylation is 1. The summed E-state index contributed by atoms with van der Waals surface area (Å²) in [5, 5.41) is 4.36. The molecule has 1 heterocycles. The first kappa shape index (κ1) is 15.8. The maximum atomic E-state index is 5.55. The largest absolute Gasteiger partial charge is 0.493 e. The molecular weight excluding hydrogens is 284 g/mol. The van der Waals surface area contributed by atoms with Gasteiger partial charge in [0.15, 0.2) is 11.5 Å². The average molecular weight is 306 g/mol. The summed E-state index contributed by atoms with van der Waals surface area (Å²) in [6, 6.07) is 5.96. The molecule has 0 aliphatic heterocycles. The van der Waals surface area contributed by atoms with Crippen LogP contribution in [0.5, 0.6) is 11.5 Å². The molecule has 21 heavy (non-hydrogen) atoms. The van der Waals surface area contributed by atoms with E-state index in [2.05, 4.69) is 24.1 Å². The van der Waals surface area contributed by atoms with Crippen LogP contribution in [0.2, 0.25) is 0 Å². The smallest absolute Gasteiger partial charge is 0.161 e. The van der Waals surface area contributed by atoms with Crippen molar-refractivity contribution in [1.82, 2.24) is 10.3 Å². The van der Waals surface area contributed by atoms with Crippen LogP contribution in [0.3, 0.4) is 0 Å². The van der Waals surface area contributed by atoms with Crippen molar-refractivity contribution in [3.63, 3.8) is 0 Å². The summed E-state index contributed by atoms with van der Waals surface area (Å²) in [7, 11) is 1.66. The summed E-state index contributed by atoms with van der Waals surface area (Å²) in [5.41, 5.74) is 2.15. The summed E-state index contributed by atoms with van der Waals surface area (Å²) >= 11 is 1.72. The van der Waals surface area contributed by atoms with Gasteiger partial charge in [-0.25, -0.2) is 4.98 Å². The second kappa shape index (κ2) is 7.43. The van der Waals surface area contributed by atoms with E-state index in [1.54, 1.807) is 18.4 Å². The van der Waals surface area contributed by atoms with Crippen LogP contribution in [0.25, 0.3) is 10.6 Å². The zero-order chi connectivity index (χ0) is 15.2. The Bertz CT molecular complexity index is 596. The zero-order valence-electron chi connectivity index (χ0n) is 13.0. The topological polar surface area (TPSA) is 43.4 Å². The van der Waals surface area contributed by atoms with Gasteiger partial charge in [0.1, 0.15) is 5.01 Å². The first-order valence-electron chi connectivity index (χ1n) is 7.17. The Labute approximate surface area is 130 Å². The molecule has 0 fully saturated rings. The fourth-order valence-electron chi connectivity index (χ4n) is 2.03. The van der Waals surface area contributed by atoms with Gasteiger partial charge in [0.25, 0.3) is 0 Å². The maximum absolute atomic E-state index is 5.55. The molecule has 5 heteroatoms. The molecular formula is C16H22N2O2S. The second-order valence-corrected chi connectivity index (χ2v) is 5.69. The number of aromatic nitrogens is 1. The summed E-state index contributed by atoms with van der Waals surface area (Å²) < 4.78 is 11.0. The standard InChI is InChI=1S/C16H22N2O2S/c1-5-17-10-15-11(3)18-16(21-15)12-7-8-13(20-6-2)14(9-12)19-4/h7-9,17H,5-6,10H2,1-4H3. The van der Waals surface area contributed by atoms with E-state index in [9.17, 15) is 0 Å². The summed E-state index contributed by atoms with van der Waals surface area (Å²) in [6.45, 7) is 8.58. The minimum Gasteiger partial charge on any atom is -0.493 e. The molecule has 114 valence electrons. The number of benzene rings is 1.